The maximum absolute atomic E-state index is 11.7. The van der Waals surface area contributed by atoms with Gasteiger partial charge in [-0.3, -0.25) is 4.79 Å². The Kier molecular flexibility index (Phi) is 6.44. The van der Waals surface area contributed by atoms with E-state index in [9.17, 15) is 4.79 Å². The van der Waals surface area contributed by atoms with Crippen LogP contribution in [0.3, 0.4) is 0 Å². The lowest BCUT2D eigenvalue weighted by Crippen LogP contribution is -2.24. The number of nitrogens with zero attached hydrogens (tertiary/aromatic N) is 1. The number of rotatable bonds is 6. The molecule has 0 aliphatic carbocycles. The Hall–Kier alpha value is -2.04. The molecule has 0 aliphatic rings. The summed E-state index contributed by atoms with van der Waals surface area (Å²) < 4.78 is 5.32. The molecule has 0 unspecified atom stereocenters. The predicted molar refractivity (Wildman–Crippen MR) is 93.4 cm³/mol. The summed E-state index contributed by atoms with van der Waals surface area (Å²) in [5.41, 5.74) is 3.54. The average molecular weight is 351 g/mol. The van der Waals surface area contributed by atoms with Crippen LogP contribution in [0.2, 0.25) is 10.0 Å². The van der Waals surface area contributed by atoms with Gasteiger partial charge in [-0.05, 0) is 23.8 Å². The Morgan fingerprint density at radius 3 is 2.70 bits per heavy atom. The van der Waals surface area contributed by atoms with Crippen molar-refractivity contribution >= 4 is 35.3 Å². The Bertz CT molecular complexity index is 690. The number of amides is 1. The van der Waals surface area contributed by atoms with Crippen LogP contribution >= 0.6 is 23.2 Å². The zero-order valence-corrected chi connectivity index (χ0v) is 14.0. The summed E-state index contributed by atoms with van der Waals surface area (Å²) >= 11 is 11.7. The molecule has 2 aromatic carbocycles. The van der Waals surface area contributed by atoms with E-state index in [4.69, 9.17) is 27.9 Å². The van der Waals surface area contributed by atoms with Gasteiger partial charge in [-0.1, -0.05) is 60.5 Å². The fraction of sp³-hybridized carbons (Fsp3) is 0.176. The van der Waals surface area contributed by atoms with Crippen LogP contribution in [0, 0.1) is 0 Å². The summed E-state index contributed by atoms with van der Waals surface area (Å²) in [5, 5.41) is 4.80. The first-order valence-corrected chi connectivity index (χ1v) is 7.76. The first kappa shape index (κ1) is 17.3. The van der Waals surface area contributed by atoms with Crippen molar-refractivity contribution in [1.82, 2.24) is 5.43 Å². The second kappa shape index (κ2) is 8.56. The number of hydrogen-bond acceptors (Lipinski definition) is 3. The second-order valence-corrected chi connectivity index (χ2v) is 5.72. The summed E-state index contributed by atoms with van der Waals surface area (Å²) in [4.78, 5) is 11.7. The smallest absolute Gasteiger partial charge is 0.277 e. The molecule has 1 N–H and O–H groups in total. The third-order valence-corrected chi connectivity index (χ3v) is 3.60. The Balaban J connectivity index is 1.80. The van der Waals surface area contributed by atoms with E-state index in [2.05, 4.69) is 10.5 Å². The SMILES string of the molecule is C[C@@H](/C=N\NC(=O)COc1ccc(Cl)cc1Cl)c1ccccc1. The minimum absolute atomic E-state index is 0.100. The lowest BCUT2D eigenvalue weighted by atomic mass is 10.0. The molecule has 0 saturated carbocycles. The monoisotopic (exact) mass is 350 g/mol. The van der Waals surface area contributed by atoms with Gasteiger partial charge < -0.3 is 4.74 Å². The van der Waals surface area contributed by atoms with Crippen LogP contribution in [0.4, 0.5) is 0 Å². The molecule has 0 bridgehead atoms. The number of carbonyl (C=O) groups is 1. The number of nitrogens with one attached hydrogen (secondary N) is 1. The van der Waals surface area contributed by atoms with Gasteiger partial charge in [-0.15, -0.1) is 0 Å². The molecule has 23 heavy (non-hydrogen) atoms. The summed E-state index contributed by atoms with van der Waals surface area (Å²) in [6, 6.07) is 14.7. The number of ether oxygens (including phenoxy) is 1. The van der Waals surface area contributed by atoms with E-state index in [1.807, 2.05) is 37.3 Å². The average Bonchev–Trinajstić information content (AvgIpc) is 2.54. The van der Waals surface area contributed by atoms with Gasteiger partial charge in [0.05, 0.1) is 5.02 Å². The molecule has 0 aliphatic heterocycles. The van der Waals surface area contributed by atoms with Crippen LogP contribution in [0.25, 0.3) is 0 Å². The van der Waals surface area contributed by atoms with Crippen molar-refractivity contribution in [2.75, 3.05) is 6.61 Å². The van der Waals surface area contributed by atoms with E-state index in [-0.39, 0.29) is 18.4 Å². The van der Waals surface area contributed by atoms with E-state index in [0.29, 0.717) is 15.8 Å². The largest absolute Gasteiger partial charge is 0.482 e. The number of halogens is 2. The van der Waals surface area contributed by atoms with Gasteiger partial charge in [-0.25, -0.2) is 5.43 Å². The number of benzene rings is 2. The molecule has 2 rings (SSSR count). The summed E-state index contributed by atoms with van der Waals surface area (Å²) in [6.45, 7) is 1.81. The van der Waals surface area contributed by atoms with Gasteiger partial charge in [0.2, 0.25) is 0 Å². The van der Waals surface area contributed by atoms with Gasteiger partial charge in [0, 0.05) is 17.2 Å². The van der Waals surface area contributed by atoms with Crippen LogP contribution in [0.15, 0.2) is 53.6 Å². The highest BCUT2D eigenvalue weighted by Gasteiger charge is 2.06. The first-order valence-electron chi connectivity index (χ1n) is 7.01. The fourth-order valence-electron chi connectivity index (χ4n) is 1.83. The minimum atomic E-state index is -0.368. The molecule has 0 saturated heterocycles. The molecule has 0 fully saturated rings. The van der Waals surface area contributed by atoms with Gasteiger partial charge in [0.25, 0.3) is 5.91 Å². The zero-order chi connectivity index (χ0) is 16.7. The Morgan fingerprint density at radius 1 is 1.26 bits per heavy atom. The first-order chi connectivity index (χ1) is 11.1. The molecule has 1 atom stereocenters. The standard InChI is InChI=1S/C17H16Cl2N2O2/c1-12(13-5-3-2-4-6-13)10-20-21-17(22)11-23-16-8-7-14(18)9-15(16)19/h2-10,12H,11H2,1H3,(H,21,22)/b20-10-/t12-/m0/s1. The number of carbonyl (C=O) groups excluding carboxylic acids is 1. The molecule has 2 aromatic rings. The quantitative estimate of drug-likeness (QED) is 0.624. The molecular weight excluding hydrogens is 335 g/mol. The maximum Gasteiger partial charge on any atom is 0.277 e. The van der Waals surface area contributed by atoms with Gasteiger partial charge >= 0.3 is 0 Å². The molecule has 4 nitrogen and oxygen atoms in total. The topological polar surface area (TPSA) is 50.7 Å². The Morgan fingerprint density at radius 2 is 2.00 bits per heavy atom. The highest BCUT2D eigenvalue weighted by atomic mass is 35.5. The lowest BCUT2D eigenvalue weighted by Gasteiger charge is -2.08. The number of hydrazone groups is 1. The van der Waals surface area contributed by atoms with Gasteiger partial charge in [0.15, 0.2) is 6.61 Å². The van der Waals surface area contributed by atoms with Crippen molar-refractivity contribution in [2.45, 2.75) is 12.8 Å². The van der Waals surface area contributed by atoms with E-state index in [0.717, 1.165) is 5.56 Å². The molecule has 0 heterocycles. The van der Waals surface area contributed by atoms with Crippen LogP contribution < -0.4 is 10.2 Å². The third kappa shape index (κ3) is 5.58. The van der Waals surface area contributed by atoms with Crippen LogP contribution in [-0.4, -0.2) is 18.7 Å². The maximum atomic E-state index is 11.7. The van der Waals surface area contributed by atoms with Crippen molar-refractivity contribution in [3.63, 3.8) is 0 Å². The molecule has 0 spiro atoms. The summed E-state index contributed by atoms with van der Waals surface area (Å²) in [6.07, 6.45) is 1.67. The van der Waals surface area contributed by atoms with E-state index < -0.39 is 0 Å². The van der Waals surface area contributed by atoms with Crippen LogP contribution in [0.1, 0.15) is 18.4 Å². The normalized spacial score (nSPS) is 12.1. The molecule has 0 radical (unpaired) electrons. The predicted octanol–water partition coefficient (Wildman–Crippen LogP) is 4.28. The minimum Gasteiger partial charge on any atom is -0.482 e. The third-order valence-electron chi connectivity index (χ3n) is 3.07. The van der Waals surface area contributed by atoms with Gasteiger partial charge in [-0.2, -0.15) is 5.10 Å². The van der Waals surface area contributed by atoms with E-state index in [1.54, 1.807) is 24.4 Å². The van der Waals surface area contributed by atoms with Crippen molar-refractivity contribution in [1.29, 1.82) is 0 Å². The fourth-order valence-corrected chi connectivity index (χ4v) is 2.29. The molecule has 6 heteroatoms. The van der Waals surface area contributed by atoms with E-state index >= 15 is 0 Å². The highest BCUT2D eigenvalue weighted by Crippen LogP contribution is 2.27. The second-order valence-electron chi connectivity index (χ2n) is 4.88. The van der Waals surface area contributed by atoms with Crippen molar-refractivity contribution in [3.05, 3.63) is 64.1 Å². The van der Waals surface area contributed by atoms with E-state index in [1.165, 1.54) is 0 Å². The number of hydrogen-bond donors (Lipinski definition) is 1. The molecule has 1 amide bonds. The van der Waals surface area contributed by atoms with Crippen molar-refractivity contribution in [2.24, 2.45) is 5.10 Å². The van der Waals surface area contributed by atoms with Crippen molar-refractivity contribution < 1.29 is 9.53 Å². The van der Waals surface area contributed by atoms with Crippen LogP contribution in [-0.2, 0) is 4.79 Å². The summed E-state index contributed by atoms with van der Waals surface area (Å²) in [5.74, 6) is 0.128. The summed E-state index contributed by atoms with van der Waals surface area (Å²) in [7, 11) is 0. The zero-order valence-electron chi connectivity index (χ0n) is 12.5. The molecule has 120 valence electrons. The molecule has 0 aromatic heterocycles. The Labute approximate surface area is 145 Å². The van der Waals surface area contributed by atoms with Gasteiger partial charge in [0.1, 0.15) is 5.75 Å². The lowest BCUT2D eigenvalue weighted by molar-refractivity contribution is -0.123. The highest BCUT2D eigenvalue weighted by molar-refractivity contribution is 6.35. The molecular formula is C17H16Cl2N2O2. The van der Waals surface area contributed by atoms with Crippen molar-refractivity contribution in [3.8, 4) is 5.75 Å². The van der Waals surface area contributed by atoms with Crippen LogP contribution in [0.5, 0.6) is 5.75 Å².